The summed E-state index contributed by atoms with van der Waals surface area (Å²) in [6.07, 6.45) is -3.40. The van der Waals surface area contributed by atoms with Gasteiger partial charge in [0.1, 0.15) is 6.04 Å². The number of halogens is 3. The molecule has 1 aliphatic rings. The summed E-state index contributed by atoms with van der Waals surface area (Å²) in [7, 11) is 0. The fourth-order valence-electron chi connectivity index (χ4n) is 4.10. The third kappa shape index (κ3) is 5.48. The Kier molecular flexibility index (Phi) is 6.96. The molecule has 0 unspecified atom stereocenters. The van der Waals surface area contributed by atoms with Gasteiger partial charge in [0.05, 0.1) is 5.56 Å². The van der Waals surface area contributed by atoms with Gasteiger partial charge < -0.3 is 21.3 Å². The van der Waals surface area contributed by atoms with Crippen LogP contribution in [-0.2, 0) is 11.0 Å². The Morgan fingerprint density at radius 1 is 0.944 bits per heavy atom. The van der Waals surface area contributed by atoms with Crippen molar-refractivity contribution in [2.24, 2.45) is 5.73 Å². The van der Waals surface area contributed by atoms with Gasteiger partial charge >= 0.3 is 12.2 Å². The number of piperidine rings is 1. The van der Waals surface area contributed by atoms with Crippen LogP contribution in [0.2, 0.25) is 0 Å². The average Bonchev–Trinajstić information content (AvgIpc) is 2.85. The second-order valence-corrected chi connectivity index (χ2v) is 8.31. The number of nitrogens with two attached hydrogens (primary N) is 1. The highest BCUT2D eigenvalue weighted by molar-refractivity contribution is 6.02. The van der Waals surface area contributed by atoms with Crippen molar-refractivity contribution < 1.29 is 27.6 Å². The number of hydrogen-bond acceptors (Lipinski definition) is 3. The van der Waals surface area contributed by atoms with Crippen molar-refractivity contribution in [2.75, 3.05) is 16.8 Å². The summed E-state index contributed by atoms with van der Waals surface area (Å²) in [5.74, 6) is -0.835. The maximum Gasteiger partial charge on any atom is 0.416 e. The zero-order chi connectivity index (χ0) is 25.9. The summed E-state index contributed by atoms with van der Waals surface area (Å²) < 4.78 is 38.1. The zero-order valence-corrected chi connectivity index (χ0v) is 19.0. The number of nitrogens with zero attached hydrogens (tertiary/aromatic N) is 1. The van der Waals surface area contributed by atoms with E-state index >= 15 is 0 Å². The number of anilines is 2. The second-order valence-electron chi connectivity index (χ2n) is 8.31. The number of carbonyl (C=O) groups is 3. The summed E-state index contributed by atoms with van der Waals surface area (Å²) in [5.41, 5.74) is 7.29. The lowest BCUT2D eigenvalue weighted by atomic mass is 9.98. The van der Waals surface area contributed by atoms with E-state index in [-0.39, 0.29) is 11.6 Å². The minimum absolute atomic E-state index is 0.174. The summed E-state index contributed by atoms with van der Waals surface area (Å²) in [4.78, 5) is 38.7. The standard InChI is InChI=1S/C26H23F3N4O3/c27-26(28,29)17-9-11-18(12-10-17)31-25(36)32-22-6-3-15-33(24(22)35)19-13-7-16(8-14-19)20-4-1-2-5-21(20)23(30)34/h1-2,4-5,7-14,22H,3,6,15H2,(H2,30,34)(H2,31,32,36)/t22-/m1/s1. The number of carbonyl (C=O) groups excluding carboxylic acids is 3. The first-order valence-electron chi connectivity index (χ1n) is 11.2. The lowest BCUT2D eigenvalue weighted by Crippen LogP contribution is -2.53. The van der Waals surface area contributed by atoms with Gasteiger partial charge in [-0.3, -0.25) is 9.59 Å². The normalized spacial score (nSPS) is 15.9. The Morgan fingerprint density at radius 3 is 2.25 bits per heavy atom. The molecule has 1 heterocycles. The van der Waals surface area contributed by atoms with E-state index in [0.717, 1.165) is 29.8 Å². The molecule has 1 fully saturated rings. The van der Waals surface area contributed by atoms with E-state index in [0.29, 0.717) is 36.2 Å². The molecule has 7 nitrogen and oxygen atoms in total. The largest absolute Gasteiger partial charge is 0.416 e. The van der Waals surface area contributed by atoms with Crippen LogP contribution in [0.4, 0.5) is 29.3 Å². The molecule has 1 aliphatic heterocycles. The number of urea groups is 1. The van der Waals surface area contributed by atoms with Crippen LogP contribution >= 0.6 is 0 Å². The Hall–Kier alpha value is -4.34. The third-order valence-corrected chi connectivity index (χ3v) is 5.90. The number of nitrogens with one attached hydrogen (secondary N) is 2. The van der Waals surface area contributed by atoms with Crippen LogP contribution in [0.25, 0.3) is 11.1 Å². The van der Waals surface area contributed by atoms with Crippen LogP contribution in [0, 0.1) is 0 Å². The van der Waals surface area contributed by atoms with Crippen LogP contribution in [0.3, 0.4) is 0 Å². The van der Waals surface area contributed by atoms with Gasteiger partial charge in [-0.05, 0) is 66.4 Å². The molecule has 3 aromatic rings. The predicted molar refractivity (Wildman–Crippen MR) is 129 cm³/mol. The summed E-state index contributed by atoms with van der Waals surface area (Å²) in [6, 6.07) is 16.6. The number of amides is 4. The lowest BCUT2D eigenvalue weighted by Gasteiger charge is -2.32. The van der Waals surface area contributed by atoms with Gasteiger partial charge in [-0.25, -0.2) is 4.79 Å². The number of alkyl halides is 3. The van der Waals surface area contributed by atoms with Crippen molar-refractivity contribution in [1.82, 2.24) is 5.32 Å². The van der Waals surface area contributed by atoms with Gasteiger partial charge in [0, 0.05) is 23.5 Å². The Labute approximate surface area is 205 Å². The van der Waals surface area contributed by atoms with Gasteiger partial charge in [0.25, 0.3) is 0 Å². The van der Waals surface area contributed by atoms with Gasteiger partial charge in [0.15, 0.2) is 0 Å². The maximum atomic E-state index is 13.1. The smallest absolute Gasteiger partial charge is 0.366 e. The minimum Gasteiger partial charge on any atom is -0.366 e. The SMILES string of the molecule is NC(=O)c1ccccc1-c1ccc(N2CCC[C@@H](NC(=O)Nc3ccc(C(F)(F)F)cc3)C2=O)cc1. The quantitative estimate of drug-likeness (QED) is 0.473. The van der Waals surface area contributed by atoms with Gasteiger partial charge in [-0.2, -0.15) is 13.2 Å². The number of hydrogen-bond donors (Lipinski definition) is 3. The van der Waals surface area contributed by atoms with Crippen LogP contribution in [0.15, 0.2) is 72.8 Å². The molecule has 4 N–H and O–H groups in total. The van der Waals surface area contributed by atoms with Gasteiger partial charge in [-0.1, -0.05) is 30.3 Å². The van der Waals surface area contributed by atoms with E-state index in [2.05, 4.69) is 10.6 Å². The minimum atomic E-state index is -4.47. The molecule has 0 aromatic heterocycles. The first-order chi connectivity index (χ1) is 17.1. The predicted octanol–water partition coefficient (Wildman–Crippen LogP) is 4.79. The molecule has 0 saturated carbocycles. The molecule has 4 rings (SSSR count). The second kappa shape index (κ2) is 10.1. The molecule has 0 spiro atoms. The molecular weight excluding hydrogens is 473 g/mol. The van der Waals surface area contributed by atoms with E-state index in [1.165, 1.54) is 0 Å². The zero-order valence-electron chi connectivity index (χ0n) is 19.0. The monoisotopic (exact) mass is 496 g/mol. The van der Waals surface area contributed by atoms with Crippen molar-refractivity contribution >= 4 is 29.2 Å². The summed E-state index contributed by atoms with van der Waals surface area (Å²) in [5, 5.41) is 5.06. The maximum absolute atomic E-state index is 13.1. The fraction of sp³-hybridized carbons (Fsp3) is 0.192. The molecular formula is C26H23F3N4O3. The van der Waals surface area contributed by atoms with Crippen molar-refractivity contribution in [3.05, 3.63) is 83.9 Å². The van der Waals surface area contributed by atoms with E-state index in [1.807, 2.05) is 0 Å². The molecule has 1 atom stereocenters. The van der Waals surface area contributed by atoms with Crippen molar-refractivity contribution in [3.63, 3.8) is 0 Å². The Morgan fingerprint density at radius 2 is 1.61 bits per heavy atom. The molecule has 0 radical (unpaired) electrons. The van der Waals surface area contributed by atoms with Crippen molar-refractivity contribution in [3.8, 4) is 11.1 Å². The highest BCUT2D eigenvalue weighted by atomic mass is 19.4. The first kappa shape index (κ1) is 24.8. The molecule has 1 saturated heterocycles. The van der Waals surface area contributed by atoms with Gasteiger partial charge in [0.2, 0.25) is 11.8 Å². The number of rotatable bonds is 5. The van der Waals surface area contributed by atoms with Gasteiger partial charge in [-0.15, -0.1) is 0 Å². The number of benzene rings is 3. The molecule has 0 aliphatic carbocycles. The van der Waals surface area contributed by atoms with E-state index in [1.54, 1.807) is 53.4 Å². The van der Waals surface area contributed by atoms with Crippen molar-refractivity contribution in [2.45, 2.75) is 25.1 Å². The van der Waals surface area contributed by atoms with E-state index < -0.39 is 29.7 Å². The number of primary amides is 1. The molecule has 4 amide bonds. The Bertz CT molecular complexity index is 1270. The topological polar surface area (TPSA) is 105 Å². The van der Waals surface area contributed by atoms with Crippen LogP contribution in [0.5, 0.6) is 0 Å². The highest BCUT2D eigenvalue weighted by Crippen LogP contribution is 2.30. The summed E-state index contributed by atoms with van der Waals surface area (Å²) >= 11 is 0. The van der Waals surface area contributed by atoms with Crippen LogP contribution in [-0.4, -0.2) is 30.4 Å². The Balaban J connectivity index is 1.42. The fourth-order valence-corrected chi connectivity index (χ4v) is 4.10. The molecule has 36 heavy (non-hydrogen) atoms. The van der Waals surface area contributed by atoms with Crippen molar-refractivity contribution in [1.29, 1.82) is 0 Å². The summed E-state index contributed by atoms with van der Waals surface area (Å²) in [6.45, 7) is 0.467. The first-order valence-corrected chi connectivity index (χ1v) is 11.2. The average molecular weight is 496 g/mol. The third-order valence-electron chi connectivity index (χ3n) is 5.90. The van der Waals surface area contributed by atoms with E-state index in [9.17, 15) is 27.6 Å². The van der Waals surface area contributed by atoms with Crippen LogP contribution < -0.4 is 21.3 Å². The van der Waals surface area contributed by atoms with E-state index in [4.69, 9.17) is 5.73 Å². The lowest BCUT2D eigenvalue weighted by molar-refractivity contribution is -0.137. The molecule has 0 bridgehead atoms. The molecule has 3 aromatic carbocycles. The van der Waals surface area contributed by atoms with Crippen LogP contribution in [0.1, 0.15) is 28.8 Å². The molecule has 10 heteroatoms. The molecule has 186 valence electrons. The highest BCUT2D eigenvalue weighted by Gasteiger charge is 2.32.